The predicted molar refractivity (Wildman–Crippen MR) is 73.8 cm³/mol. The fourth-order valence-corrected chi connectivity index (χ4v) is 3.83. The second kappa shape index (κ2) is 5.52. The SMILES string of the molecule is NCc1ccc(OCC2CC3CCC2C3)c(C(F)(F)F)c1. The number of nitrogens with two attached hydrogens (primary N) is 1. The van der Waals surface area contributed by atoms with Crippen molar-refractivity contribution in [2.24, 2.45) is 23.5 Å². The molecule has 2 saturated carbocycles. The van der Waals surface area contributed by atoms with Crippen LogP contribution in [0.4, 0.5) is 13.2 Å². The van der Waals surface area contributed by atoms with Crippen molar-refractivity contribution < 1.29 is 17.9 Å². The first-order valence-electron chi connectivity index (χ1n) is 7.50. The van der Waals surface area contributed by atoms with Gasteiger partial charge in [-0.2, -0.15) is 13.2 Å². The van der Waals surface area contributed by atoms with Crippen molar-refractivity contribution in [3.8, 4) is 5.75 Å². The Bertz CT molecular complexity index is 515. The summed E-state index contributed by atoms with van der Waals surface area (Å²) in [5.74, 6) is 1.76. The van der Waals surface area contributed by atoms with E-state index in [-0.39, 0.29) is 12.3 Å². The lowest BCUT2D eigenvalue weighted by Crippen LogP contribution is -2.20. The Balaban J connectivity index is 1.72. The van der Waals surface area contributed by atoms with Gasteiger partial charge in [-0.1, -0.05) is 12.5 Å². The molecule has 116 valence electrons. The van der Waals surface area contributed by atoms with Gasteiger partial charge in [0.15, 0.2) is 0 Å². The zero-order valence-electron chi connectivity index (χ0n) is 11.8. The van der Waals surface area contributed by atoms with Crippen molar-refractivity contribution in [1.82, 2.24) is 0 Å². The molecule has 0 aliphatic heterocycles. The Kier molecular flexibility index (Phi) is 3.86. The third-order valence-corrected chi connectivity index (χ3v) is 4.92. The van der Waals surface area contributed by atoms with E-state index >= 15 is 0 Å². The van der Waals surface area contributed by atoms with E-state index in [1.165, 1.54) is 25.3 Å². The molecule has 2 aliphatic carbocycles. The van der Waals surface area contributed by atoms with E-state index in [1.807, 2.05) is 0 Å². The molecule has 0 radical (unpaired) electrons. The van der Waals surface area contributed by atoms with Gasteiger partial charge in [0.1, 0.15) is 5.75 Å². The third-order valence-electron chi connectivity index (χ3n) is 4.92. The molecule has 2 fully saturated rings. The van der Waals surface area contributed by atoms with Crippen LogP contribution in [-0.4, -0.2) is 6.61 Å². The minimum Gasteiger partial charge on any atom is -0.493 e. The topological polar surface area (TPSA) is 35.2 Å². The van der Waals surface area contributed by atoms with Gasteiger partial charge in [0.2, 0.25) is 0 Å². The highest BCUT2D eigenvalue weighted by Crippen LogP contribution is 2.48. The van der Waals surface area contributed by atoms with Gasteiger partial charge in [0, 0.05) is 6.54 Å². The molecule has 0 saturated heterocycles. The van der Waals surface area contributed by atoms with Crippen LogP contribution >= 0.6 is 0 Å². The Morgan fingerprint density at radius 3 is 2.57 bits per heavy atom. The Hall–Kier alpha value is -1.23. The fraction of sp³-hybridized carbons (Fsp3) is 0.625. The summed E-state index contributed by atoms with van der Waals surface area (Å²) in [6, 6.07) is 4.10. The molecule has 2 N–H and O–H groups in total. The predicted octanol–water partition coefficient (Wildman–Crippen LogP) is 3.98. The van der Waals surface area contributed by atoms with Crippen LogP contribution in [0.15, 0.2) is 18.2 Å². The Labute approximate surface area is 122 Å². The molecule has 5 heteroatoms. The van der Waals surface area contributed by atoms with Gasteiger partial charge in [0.25, 0.3) is 0 Å². The zero-order chi connectivity index (χ0) is 15.0. The number of ether oxygens (including phenoxy) is 1. The standard InChI is InChI=1S/C16H20F3NO/c17-16(18,19)14-7-11(8-20)2-4-15(14)21-9-13-6-10-1-3-12(13)5-10/h2,4,7,10,12-13H,1,3,5-6,8-9,20H2. The minimum absolute atomic E-state index is 0.0672. The summed E-state index contributed by atoms with van der Waals surface area (Å²) in [4.78, 5) is 0. The van der Waals surface area contributed by atoms with E-state index < -0.39 is 11.7 Å². The lowest BCUT2D eigenvalue weighted by atomic mass is 9.89. The summed E-state index contributed by atoms with van der Waals surface area (Å²) >= 11 is 0. The van der Waals surface area contributed by atoms with Crippen LogP contribution in [0, 0.1) is 17.8 Å². The largest absolute Gasteiger partial charge is 0.493 e. The molecular formula is C16H20F3NO. The maximum absolute atomic E-state index is 13.1. The van der Waals surface area contributed by atoms with Crippen LogP contribution in [0.1, 0.15) is 36.8 Å². The van der Waals surface area contributed by atoms with Gasteiger partial charge in [0.05, 0.1) is 12.2 Å². The summed E-state index contributed by atoms with van der Waals surface area (Å²) in [7, 11) is 0. The molecule has 3 atom stereocenters. The molecule has 1 aromatic rings. The van der Waals surface area contributed by atoms with E-state index in [0.717, 1.165) is 18.4 Å². The van der Waals surface area contributed by atoms with E-state index in [1.54, 1.807) is 6.07 Å². The van der Waals surface area contributed by atoms with Gasteiger partial charge in [-0.05, 0) is 54.7 Å². The van der Waals surface area contributed by atoms with Crippen molar-refractivity contribution in [1.29, 1.82) is 0 Å². The first kappa shape index (κ1) is 14.7. The van der Waals surface area contributed by atoms with Crippen LogP contribution < -0.4 is 10.5 Å². The highest BCUT2D eigenvalue weighted by Gasteiger charge is 2.40. The van der Waals surface area contributed by atoms with E-state index in [4.69, 9.17) is 10.5 Å². The highest BCUT2D eigenvalue weighted by atomic mass is 19.4. The maximum Gasteiger partial charge on any atom is 0.419 e. The van der Waals surface area contributed by atoms with Crippen LogP contribution in [-0.2, 0) is 12.7 Å². The van der Waals surface area contributed by atoms with Crippen LogP contribution in [0.25, 0.3) is 0 Å². The van der Waals surface area contributed by atoms with E-state index in [9.17, 15) is 13.2 Å². The number of halogens is 3. The highest BCUT2D eigenvalue weighted by molar-refractivity contribution is 5.39. The summed E-state index contributed by atoms with van der Waals surface area (Å²) in [6.45, 7) is 0.488. The zero-order valence-corrected chi connectivity index (χ0v) is 11.8. The summed E-state index contributed by atoms with van der Waals surface area (Å²) in [5, 5.41) is 0. The van der Waals surface area contributed by atoms with Crippen molar-refractivity contribution in [2.45, 2.75) is 38.4 Å². The number of fused-ring (bicyclic) bond motifs is 2. The molecular weight excluding hydrogens is 279 g/mol. The number of benzene rings is 1. The molecule has 0 amide bonds. The third kappa shape index (κ3) is 3.03. The molecule has 21 heavy (non-hydrogen) atoms. The molecule has 2 nitrogen and oxygen atoms in total. The van der Waals surface area contributed by atoms with E-state index in [2.05, 4.69) is 0 Å². The maximum atomic E-state index is 13.1. The monoisotopic (exact) mass is 299 g/mol. The number of hydrogen-bond donors (Lipinski definition) is 1. The quantitative estimate of drug-likeness (QED) is 0.912. The van der Waals surface area contributed by atoms with Crippen molar-refractivity contribution in [3.63, 3.8) is 0 Å². The summed E-state index contributed by atoms with van der Waals surface area (Å²) < 4.78 is 44.8. The fourth-order valence-electron chi connectivity index (χ4n) is 3.83. The van der Waals surface area contributed by atoms with Crippen LogP contribution in [0.5, 0.6) is 5.75 Å². The van der Waals surface area contributed by atoms with Crippen molar-refractivity contribution in [2.75, 3.05) is 6.61 Å². The Morgan fingerprint density at radius 1 is 1.19 bits per heavy atom. The van der Waals surface area contributed by atoms with Crippen molar-refractivity contribution >= 4 is 0 Å². The van der Waals surface area contributed by atoms with Crippen LogP contribution in [0.2, 0.25) is 0 Å². The van der Waals surface area contributed by atoms with Gasteiger partial charge in [-0.3, -0.25) is 0 Å². The number of hydrogen-bond acceptors (Lipinski definition) is 2. The minimum atomic E-state index is -4.41. The molecule has 0 aromatic heterocycles. The Morgan fingerprint density at radius 2 is 2.00 bits per heavy atom. The lowest BCUT2D eigenvalue weighted by molar-refractivity contribution is -0.139. The smallest absolute Gasteiger partial charge is 0.419 e. The molecule has 0 heterocycles. The normalized spacial score (nSPS) is 28.1. The summed E-state index contributed by atoms with van der Waals surface area (Å²) in [5.41, 5.74) is 5.17. The van der Waals surface area contributed by atoms with Gasteiger partial charge in [-0.25, -0.2) is 0 Å². The van der Waals surface area contributed by atoms with Crippen LogP contribution in [0.3, 0.4) is 0 Å². The molecule has 2 bridgehead atoms. The average molecular weight is 299 g/mol. The van der Waals surface area contributed by atoms with Crippen molar-refractivity contribution in [3.05, 3.63) is 29.3 Å². The lowest BCUT2D eigenvalue weighted by Gasteiger charge is -2.23. The average Bonchev–Trinajstić information content (AvgIpc) is 3.06. The summed E-state index contributed by atoms with van der Waals surface area (Å²) in [6.07, 6.45) is 0.408. The molecule has 3 rings (SSSR count). The van der Waals surface area contributed by atoms with Gasteiger partial charge in [-0.15, -0.1) is 0 Å². The second-order valence-corrected chi connectivity index (χ2v) is 6.28. The first-order valence-corrected chi connectivity index (χ1v) is 7.50. The van der Waals surface area contributed by atoms with Gasteiger partial charge >= 0.3 is 6.18 Å². The second-order valence-electron chi connectivity index (χ2n) is 6.28. The molecule has 2 aliphatic rings. The van der Waals surface area contributed by atoms with Gasteiger partial charge < -0.3 is 10.5 Å². The molecule has 1 aromatic carbocycles. The first-order chi connectivity index (χ1) is 9.97. The number of rotatable bonds is 4. The number of alkyl halides is 3. The molecule has 3 unspecified atom stereocenters. The molecule has 0 spiro atoms. The van der Waals surface area contributed by atoms with E-state index in [0.29, 0.717) is 24.0 Å².